The zero-order valence-corrected chi connectivity index (χ0v) is 9.32. The summed E-state index contributed by atoms with van der Waals surface area (Å²) in [6, 6.07) is 9.18. The third kappa shape index (κ3) is 1.77. The number of nitrogens with zero attached hydrogens (tertiary/aromatic N) is 1. The second kappa shape index (κ2) is 4.32. The summed E-state index contributed by atoms with van der Waals surface area (Å²) in [6.07, 6.45) is 0. The number of aromatic hydroxyl groups is 1. The molecule has 0 radical (unpaired) electrons. The summed E-state index contributed by atoms with van der Waals surface area (Å²) in [5.41, 5.74) is 1.18. The van der Waals surface area contributed by atoms with Crippen molar-refractivity contribution in [3.05, 3.63) is 35.2 Å². The molecule has 0 saturated heterocycles. The average Bonchev–Trinajstić information content (AvgIpc) is 2.71. The van der Waals surface area contributed by atoms with Crippen LogP contribution < -0.4 is 0 Å². The number of benzene rings is 1. The minimum Gasteiger partial charge on any atom is -0.504 e. The Morgan fingerprint density at radius 1 is 1.38 bits per heavy atom. The fourth-order valence-corrected chi connectivity index (χ4v) is 2.01. The minimum atomic E-state index is -0.572. The maximum atomic E-state index is 11.3. The summed E-state index contributed by atoms with van der Waals surface area (Å²) >= 11 is 0.929. The fraction of sp³-hybridized carbons (Fsp3) is 0.0909. The van der Waals surface area contributed by atoms with Crippen molar-refractivity contribution in [2.75, 3.05) is 7.11 Å². The molecule has 16 heavy (non-hydrogen) atoms. The fourth-order valence-electron chi connectivity index (χ4n) is 1.30. The van der Waals surface area contributed by atoms with Crippen LogP contribution in [0.4, 0.5) is 0 Å². The van der Waals surface area contributed by atoms with E-state index in [2.05, 4.69) is 9.11 Å². The lowest BCUT2D eigenvalue weighted by atomic mass is 10.1. The molecule has 1 aromatic heterocycles. The molecule has 82 valence electrons. The van der Waals surface area contributed by atoms with Crippen LogP contribution in [0.15, 0.2) is 30.3 Å². The predicted molar refractivity (Wildman–Crippen MR) is 60.6 cm³/mol. The van der Waals surface area contributed by atoms with Crippen LogP contribution in [-0.4, -0.2) is 22.6 Å². The minimum absolute atomic E-state index is 0.122. The lowest BCUT2D eigenvalue weighted by molar-refractivity contribution is 0.0603. The molecule has 0 atom stereocenters. The van der Waals surface area contributed by atoms with Crippen molar-refractivity contribution in [2.24, 2.45) is 0 Å². The average molecular weight is 235 g/mol. The summed E-state index contributed by atoms with van der Waals surface area (Å²) in [6.45, 7) is 0. The highest BCUT2D eigenvalue weighted by molar-refractivity contribution is 7.08. The van der Waals surface area contributed by atoms with Crippen LogP contribution in [0.2, 0.25) is 0 Å². The van der Waals surface area contributed by atoms with Gasteiger partial charge in [0.05, 0.1) is 7.11 Å². The highest BCUT2D eigenvalue weighted by Crippen LogP contribution is 2.34. The van der Waals surface area contributed by atoms with Gasteiger partial charge in [-0.3, -0.25) is 0 Å². The SMILES string of the molecule is COC(=O)c1snc(-c2ccccc2)c1O. The van der Waals surface area contributed by atoms with E-state index in [0.29, 0.717) is 5.69 Å². The lowest BCUT2D eigenvalue weighted by Gasteiger charge is -1.98. The Kier molecular flexibility index (Phi) is 2.87. The molecule has 0 aliphatic rings. The molecule has 2 aromatic rings. The van der Waals surface area contributed by atoms with Gasteiger partial charge in [0.2, 0.25) is 0 Å². The second-order valence-corrected chi connectivity index (χ2v) is 3.84. The highest BCUT2D eigenvalue weighted by atomic mass is 32.1. The van der Waals surface area contributed by atoms with Crippen molar-refractivity contribution < 1.29 is 14.6 Å². The van der Waals surface area contributed by atoms with Gasteiger partial charge >= 0.3 is 5.97 Å². The van der Waals surface area contributed by atoms with Gasteiger partial charge in [0, 0.05) is 5.56 Å². The number of rotatable bonds is 2. The van der Waals surface area contributed by atoms with Gasteiger partial charge in [-0.2, -0.15) is 4.37 Å². The van der Waals surface area contributed by atoms with E-state index in [9.17, 15) is 9.90 Å². The second-order valence-electron chi connectivity index (χ2n) is 3.07. The molecule has 0 aliphatic heterocycles. The number of ether oxygens (including phenoxy) is 1. The Morgan fingerprint density at radius 3 is 2.69 bits per heavy atom. The monoisotopic (exact) mass is 235 g/mol. The van der Waals surface area contributed by atoms with E-state index in [0.717, 1.165) is 17.1 Å². The van der Waals surface area contributed by atoms with E-state index < -0.39 is 5.97 Å². The van der Waals surface area contributed by atoms with Gasteiger partial charge in [-0.05, 0) is 11.5 Å². The van der Waals surface area contributed by atoms with Crippen molar-refractivity contribution in [3.8, 4) is 17.0 Å². The molecule has 4 nitrogen and oxygen atoms in total. The van der Waals surface area contributed by atoms with Crippen LogP contribution in [0.1, 0.15) is 9.67 Å². The molecule has 2 rings (SSSR count). The first kappa shape index (κ1) is 10.6. The van der Waals surface area contributed by atoms with E-state index >= 15 is 0 Å². The van der Waals surface area contributed by atoms with Crippen LogP contribution in [0, 0.1) is 0 Å². The van der Waals surface area contributed by atoms with Gasteiger partial charge in [0.25, 0.3) is 0 Å². The van der Waals surface area contributed by atoms with Gasteiger partial charge < -0.3 is 9.84 Å². The molecule has 0 bridgehead atoms. The smallest absolute Gasteiger partial charge is 0.353 e. The largest absolute Gasteiger partial charge is 0.504 e. The first-order valence-corrected chi connectivity index (χ1v) is 5.33. The maximum absolute atomic E-state index is 11.3. The Bertz CT molecular complexity index is 507. The Morgan fingerprint density at radius 2 is 2.06 bits per heavy atom. The number of hydrogen-bond donors (Lipinski definition) is 1. The summed E-state index contributed by atoms with van der Waals surface area (Å²) in [5, 5.41) is 9.83. The van der Waals surface area contributed by atoms with E-state index in [1.54, 1.807) is 0 Å². The number of methoxy groups -OCH3 is 1. The Hall–Kier alpha value is -1.88. The summed E-state index contributed by atoms with van der Waals surface area (Å²) in [5.74, 6) is -0.694. The summed E-state index contributed by atoms with van der Waals surface area (Å²) in [7, 11) is 1.27. The number of hydrogen-bond acceptors (Lipinski definition) is 5. The topological polar surface area (TPSA) is 59.4 Å². The molecule has 0 spiro atoms. The molecular formula is C11H9NO3S. The van der Waals surface area contributed by atoms with Crippen LogP contribution >= 0.6 is 11.5 Å². The zero-order chi connectivity index (χ0) is 11.5. The molecular weight excluding hydrogens is 226 g/mol. The molecule has 1 aromatic carbocycles. The maximum Gasteiger partial charge on any atom is 0.353 e. The number of aromatic nitrogens is 1. The van der Waals surface area contributed by atoms with Crippen LogP contribution in [0.25, 0.3) is 11.3 Å². The van der Waals surface area contributed by atoms with E-state index in [-0.39, 0.29) is 10.6 Å². The van der Waals surface area contributed by atoms with Gasteiger partial charge in [-0.15, -0.1) is 0 Å². The summed E-state index contributed by atoms with van der Waals surface area (Å²) in [4.78, 5) is 11.4. The first-order valence-electron chi connectivity index (χ1n) is 4.56. The quantitative estimate of drug-likeness (QED) is 0.811. The molecule has 0 amide bonds. The van der Waals surface area contributed by atoms with Crippen molar-refractivity contribution >= 4 is 17.5 Å². The first-order chi connectivity index (χ1) is 7.74. The van der Waals surface area contributed by atoms with Gasteiger partial charge in [-0.25, -0.2) is 4.79 Å². The molecule has 0 unspecified atom stereocenters. The summed E-state index contributed by atoms with van der Waals surface area (Å²) < 4.78 is 8.58. The zero-order valence-electron chi connectivity index (χ0n) is 8.51. The van der Waals surface area contributed by atoms with Crippen LogP contribution in [0.5, 0.6) is 5.75 Å². The molecule has 0 saturated carbocycles. The van der Waals surface area contributed by atoms with Crippen molar-refractivity contribution in [2.45, 2.75) is 0 Å². The van der Waals surface area contributed by atoms with Gasteiger partial charge in [0.1, 0.15) is 5.69 Å². The Balaban J connectivity index is 2.45. The van der Waals surface area contributed by atoms with Gasteiger partial charge in [-0.1, -0.05) is 30.3 Å². The normalized spacial score (nSPS) is 10.1. The van der Waals surface area contributed by atoms with Crippen LogP contribution in [-0.2, 0) is 4.74 Å². The third-order valence-electron chi connectivity index (χ3n) is 2.09. The van der Waals surface area contributed by atoms with E-state index in [1.165, 1.54) is 7.11 Å². The highest BCUT2D eigenvalue weighted by Gasteiger charge is 2.20. The van der Waals surface area contributed by atoms with Crippen molar-refractivity contribution in [1.82, 2.24) is 4.37 Å². The predicted octanol–water partition coefficient (Wildman–Crippen LogP) is 2.30. The van der Waals surface area contributed by atoms with Crippen LogP contribution in [0.3, 0.4) is 0 Å². The Labute approximate surface area is 96.3 Å². The molecule has 0 fully saturated rings. The van der Waals surface area contributed by atoms with Crippen molar-refractivity contribution in [3.63, 3.8) is 0 Å². The number of carbonyl (C=O) groups excluding carboxylic acids is 1. The number of esters is 1. The molecule has 5 heteroatoms. The molecule has 0 aliphatic carbocycles. The van der Waals surface area contributed by atoms with E-state index in [1.807, 2.05) is 30.3 Å². The van der Waals surface area contributed by atoms with E-state index in [4.69, 9.17) is 0 Å². The number of carbonyl (C=O) groups is 1. The molecule has 1 heterocycles. The van der Waals surface area contributed by atoms with Crippen molar-refractivity contribution in [1.29, 1.82) is 0 Å². The lowest BCUT2D eigenvalue weighted by Crippen LogP contribution is -1.97. The third-order valence-corrected chi connectivity index (χ3v) is 2.90. The standard InChI is InChI=1S/C11H9NO3S/c1-15-11(14)10-9(13)8(12-16-10)7-5-3-2-4-6-7/h2-6,13H,1H3. The van der Waals surface area contributed by atoms with Gasteiger partial charge in [0.15, 0.2) is 10.6 Å². The molecule has 1 N–H and O–H groups in total.